The smallest absolute Gasteiger partial charge is 0.215 e. The molecule has 0 saturated carbocycles. The van der Waals surface area contributed by atoms with Crippen LogP contribution in [0.5, 0.6) is 5.75 Å². The first-order valence-electron chi connectivity index (χ1n) is 7.68. The second-order valence-corrected chi connectivity index (χ2v) is 6.39. The quantitative estimate of drug-likeness (QED) is 0.885. The van der Waals surface area contributed by atoms with Gasteiger partial charge in [0.15, 0.2) is 10.8 Å². The number of fused-ring (bicyclic) bond motifs is 3. The van der Waals surface area contributed by atoms with Crippen molar-refractivity contribution < 1.29 is 14.2 Å². The highest BCUT2D eigenvalue weighted by molar-refractivity contribution is 5.88. The first kappa shape index (κ1) is 16.8. The molecule has 3 saturated heterocycles. The zero-order valence-electron chi connectivity index (χ0n) is 14.0. The SMILES string of the molecule is COc1ccc([C@H]2O[C@]3(C)OC(=N)[C@]2(C#N)C(C#N)(C#N)[C@@H]3C)cc1. The molecular weight excluding hydrogens is 320 g/mol. The molecule has 1 aromatic rings. The van der Waals surface area contributed by atoms with E-state index < -0.39 is 34.5 Å². The van der Waals surface area contributed by atoms with Crippen molar-refractivity contribution in [1.82, 2.24) is 0 Å². The molecular formula is C18H16N4O3. The number of hydrogen-bond acceptors (Lipinski definition) is 7. The summed E-state index contributed by atoms with van der Waals surface area (Å²) < 4.78 is 16.7. The van der Waals surface area contributed by atoms with Gasteiger partial charge in [0, 0.05) is 6.92 Å². The van der Waals surface area contributed by atoms with E-state index in [4.69, 9.17) is 19.6 Å². The maximum atomic E-state index is 9.99. The molecule has 0 amide bonds. The maximum absolute atomic E-state index is 9.99. The first-order chi connectivity index (χ1) is 11.8. The Bertz CT molecular complexity index is 846. The van der Waals surface area contributed by atoms with Crippen molar-refractivity contribution in [2.45, 2.75) is 25.7 Å². The zero-order valence-corrected chi connectivity index (χ0v) is 14.0. The number of benzene rings is 1. The average Bonchev–Trinajstić information content (AvgIpc) is 2.63. The van der Waals surface area contributed by atoms with Crippen molar-refractivity contribution in [3.05, 3.63) is 29.8 Å². The zero-order chi connectivity index (χ0) is 18.5. The molecule has 0 radical (unpaired) electrons. The number of ether oxygens (including phenoxy) is 3. The van der Waals surface area contributed by atoms with E-state index in [1.165, 1.54) is 7.11 Å². The van der Waals surface area contributed by atoms with Crippen LogP contribution in [0.25, 0.3) is 0 Å². The molecule has 25 heavy (non-hydrogen) atoms. The molecule has 3 fully saturated rings. The largest absolute Gasteiger partial charge is 0.497 e. The van der Waals surface area contributed by atoms with Gasteiger partial charge in [-0.15, -0.1) is 0 Å². The molecule has 1 aromatic carbocycles. The van der Waals surface area contributed by atoms with Crippen LogP contribution in [0.2, 0.25) is 0 Å². The molecule has 0 aromatic heterocycles. The van der Waals surface area contributed by atoms with Gasteiger partial charge in [0.25, 0.3) is 0 Å². The van der Waals surface area contributed by atoms with Gasteiger partial charge in [-0.2, -0.15) is 15.8 Å². The Morgan fingerprint density at radius 2 is 1.72 bits per heavy atom. The fraction of sp³-hybridized carbons (Fsp3) is 0.444. The molecule has 3 aliphatic rings. The lowest BCUT2D eigenvalue weighted by Gasteiger charge is -2.60. The lowest BCUT2D eigenvalue weighted by atomic mass is 9.51. The monoisotopic (exact) mass is 336 g/mol. The molecule has 4 atom stereocenters. The summed E-state index contributed by atoms with van der Waals surface area (Å²) in [7, 11) is 1.54. The van der Waals surface area contributed by atoms with Gasteiger partial charge < -0.3 is 14.2 Å². The van der Waals surface area contributed by atoms with Crippen LogP contribution in [-0.2, 0) is 9.47 Å². The minimum absolute atomic E-state index is 0.411. The third-order valence-corrected chi connectivity index (χ3v) is 5.41. The van der Waals surface area contributed by atoms with Gasteiger partial charge in [-0.3, -0.25) is 5.41 Å². The predicted molar refractivity (Wildman–Crippen MR) is 84.9 cm³/mol. The van der Waals surface area contributed by atoms with Crippen LogP contribution < -0.4 is 4.74 Å². The van der Waals surface area contributed by atoms with Gasteiger partial charge in [-0.05, 0) is 17.7 Å². The highest BCUT2D eigenvalue weighted by atomic mass is 16.7. The number of rotatable bonds is 2. The molecule has 3 heterocycles. The van der Waals surface area contributed by atoms with E-state index >= 15 is 0 Å². The molecule has 2 bridgehead atoms. The van der Waals surface area contributed by atoms with Crippen molar-refractivity contribution >= 4 is 5.90 Å². The van der Waals surface area contributed by atoms with Crippen molar-refractivity contribution in [2.24, 2.45) is 16.7 Å². The Hall–Kier alpha value is -3.08. The summed E-state index contributed by atoms with van der Waals surface area (Å²) in [6.07, 6.45) is -0.981. The fourth-order valence-electron chi connectivity index (χ4n) is 3.75. The molecule has 126 valence electrons. The van der Waals surface area contributed by atoms with Crippen molar-refractivity contribution in [3.8, 4) is 24.0 Å². The van der Waals surface area contributed by atoms with Gasteiger partial charge >= 0.3 is 0 Å². The molecule has 0 aliphatic carbocycles. The van der Waals surface area contributed by atoms with E-state index in [0.29, 0.717) is 11.3 Å². The summed E-state index contributed by atoms with van der Waals surface area (Å²) in [6, 6.07) is 12.8. The van der Waals surface area contributed by atoms with Crippen molar-refractivity contribution in [2.75, 3.05) is 7.11 Å². The van der Waals surface area contributed by atoms with E-state index in [2.05, 4.69) is 0 Å². The highest BCUT2D eigenvalue weighted by Gasteiger charge is 2.77. The number of nitriles is 3. The van der Waals surface area contributed by atoms with Crippen LogP contribution in [0, 0.1) is 56.2 Å². The van der Waals surface area contributed by atoms with Gasteiger partial charge in [-0.25, -0.2) is 0 Å². The molecule has 4 rings (SSSR count). The van der Waals surface area contributed by atoms with E-state index in [1.807, 2.05) is 18.2 Å². The van der Waals surface area contributed by atoms with E-state index in [-0.39, 0.29) is 0 Å². The van der Waals surface area contributed by atoms with Crippen LogP contribution in [0.15, 0.2) is 24.3 Å². The van der Waals surface area contributed by atoms with Crippen LogP contribution in [-0.4, -0.2) is 18.8 Å². The van der Waals surface area contributed by atoms with Crippen molar-refractivity contribution in [1.29, 1.82) is 21.2 Å². The summed E-state index contributed by atoms with van der Waals surface area (Å²) in [5.74, 6) is -1.87. The van der Waals surface area contributed by atoms with Crippen LogP contribution in [0.4, 0.5) is 0 Å². The normalized spacial score (nSPS) is 35.0. The van der Waals surface area contributed by atoms with E-state index in [9.17, 15) is 15.8 Å². The third kappa shape index (κ3) is 1.78. The Balaban J connectivity index is 2.27. The number of nitrogens with zero attached hydrogens (tertiary/aromatic N) is 3. The molecule has 7 heteroatoms. The Morgan fingerprint density at radius 3 is 2.20 bits per heavy atom. The molecule has 1 N–H and O–H groups in total. The van der Waals surface area contributed by atoms with Crippen LogP contribution in [0.1, 0.15) is 25.5 Å². The van der Waals surface area contributed by atoms with Crippen LogP contribution >= 0.6 is 0 Å². The van der Waals surface area contributed by atoms with Crippen LogP contribution in [0.3, 0.4) is 0 Å². The minimum Gasteiger partial charge on any atom is -0.497 e. The summed E-state index contributed by atoms with van der Waals surface area (Å²) in [4.78, 5) is 0. The lowest BCUT2D eigenvalue weighted by Crippen LogP contribution is -2.71. The van der Waals surface area contributed by atoms with E-state index in [1.54, 1.807) is 38.1 Å². The molecule has 0 spiro atoms. The third-order valence-electron chi connectivity index (χ3n) is 5.41. The van der Waals surface area contributed by atoms with Gasteiger partial charge in [-0.1, -0.05) is 19.1 Å². The fourth-order valence-corrected chi connectivity index (χ4v) is 3.75. The molecule has 3 aliphatic heterocycles. The minimum atomic E-state index is -1.86. The Labute approximate surface area is 145 Å². The summed E-state index contributed by atoms with van der Waals surface area (Å²) in [6.45, 7) is 3.22. The Kier molecular flexibility index (Phi) is 3.49. The van der Waals surface area contributed by atoms with Gasteiger partial charge in [0.2, 0.25) is 11.7 Å². The topological polar surface area (TPSA) is 123 Å². The van der Waals surface area contributed by atoms with Gasteiger partial charge in [0.05, 0.1) is 31.2 Å². The second kappa shape index (κ2) is 5.21. The van der Waals surface area contributed by atoms with E-state index in [0.717, 1.165) is 0 Å². The number of nitrogens with one attached hydrogen (secondary N) is 1. The predicted octanol–water partition coefficient (Wildman–Crippen LogP) is 2.67. The van der Waals surface area contributed by atoms with Gasteiger partial charge in [0.1, 0.15) is 11.9 Å². The number of hydrogen-bond donors (Lipinski definition) is 1. The lowest BCUT2D eigenvalue weighted by molar-refractivity contribution is -0.338. The summed E-state index contributed by atoms with van der Waals surface area (Å²) in [5.41, 5.74) is -3.06. The van der Waals surface area contributed by atoms with Crippen molar-refractivity contribution in [3.63, 3.8) is 0 Å². The highest BCUT2D eigenvalue weighted by Crippen LogP contribution is 2.66. The standard InChI is InChI=1S/C18H16N4O3/c1-11-16(2)24-14(12-4-6-13(23-3)7-5-12)18(10-21,15(22)25-16)17(11,8-19)9-20/h4-7,11,14,22H,1-3H3/t11-,14-,16-,18-/m1/s1. The first-order valence-corrected chi connectivity index (χ1v) is 7.68. The second-order valence-electron chi connectivity index (χ2n) is 6.39. The average molecular weight is 336 g/mol. The molecule has 7 nitrogen and oxygen atoms in total. The number of methoxy groups -OCH3 is 1. The summed E-state index contributed by atoms with van der Waals surface area (Å²) >= 11 is 0. The molecule has 0 unspecified atom stereocenters. The Morgan fingerprint density at radius 1 is 1.12 bits per heavy atom. The summed E-state index contributed by atoms with van der Waals surface area (Å²) in [5, 5.41) is 38.0. The maximum Gasteiger partial charge on any atom is 0.215 e.